The van der Waals surface area contributed by atoms with Crippen LogP contribution < -0.4 is 5.32 Å². The van der Waals surface area contributed by atoms with E-state index in [4.69, 9.17) is 10.8 Å². The summed E-state index contributed by atoms with van der Waals surface area (Å²) >= 11 is 1.34. The van der Waals surface area contributed by atoms with Gasteiger partial charge in [-0.15, -0.1) is 11.3 Å². The fraction of sp³-hybridized carbons (Fsp3) is 0.190. The lowest BCUT2D eigenvalue weighted by Crippen LogP contribution is -2.42. The first-order chi connectivity index (χ1) is 13.5. The zero-order chi connectivity index (χ0) is 20.1. The van der Waals surface area contributed by atoms with Crippen molar-refractivity contribution in [2.45, 2.75) is 12.5 Å². The molecule has 1 unspecified atom stereocenters. The molecule has 4 N–H and O–H groups in total. The average molecular weight is 395 g/mol. The fourth-order valence-corrected chi connectivity index (χ4v) is 3.96. The first-order valence-corrected chi connectivity index (χ1v) is 9.71. The van der Waals surface area contributed by atoms with Crippen LogP contribution in [0.1, 0.15) is 21.9 Å². The van der Waals surface area contributed by atoms with Gasteiger partial charge in [-0.3, -0.25) is 10.2 Å². The van der Waals surface area contributed by atoms with Gasteiger partial charge in [0, 0.05) is 44.5 Å². The van der Waals surface area contributed by atoms with Crippen LogP contribution in [0.3, 0.4) is 0 Å². The molecule has 1 aromatic heterocycles. The Bertz CT molecular complexity index is 947. The van der Waals surface area contributed by atoms with Gasteiger partial charge in [-0.2, -0.15) is 0 Å². The number of aliphatic hydroxyl groups excluding tert-OH is 1. The van der Waals surface area contributed by atoms with E-state index in [1.54, 1.807) is 30.3 Å². The van der Waals surface area contributed by atoms with E-state index in [2.05, 4.69) is 5.32 Å². The molecule has 28 heavy (non-hydrogen) atoms. The van der Waals surface area contributed by atoms with E-state index < -0.39 is 5.91 Å². The molecule has 7 heteroatoms. The lowest BCUT2D eigenvalue weighted by atomic mass is 9.85. The zero-order valence-corrected chi connectivity index (χ0v) is 16.3. The molecule has 1 atom stereocenters. The molecule has 2 heterocycles. The number of hydrogen-bond acceptors (Lipinski definition) is 6. The van der Waals surface area contributed by atoms with Crippen LogP contribution >= 0.6 is 11.3 Å². The number of rotatable bonds is 6. The number of amides is 1. The maximum Gasteiger partial charge on any atom is 0.272 e. The molecule has 0 aliphatic carbocycles. The number of carbonyl (C=O) groups excluding carboxylic acids is 1. The topological polar surface area (TPSA) is 100 Å². The molecule has 2 aromatic rings. The number of nitrogens with zero attached hydrogens (tertiary/aromatic N) is 1. The quantitative estimate of drug-likeness (QED) is 0.445. The second-order valence-electron chi connectivity index (χ2n) is 6.43. The second kappa shape index (κ2) is 8.67. The van der Waals surface area contributed by atoms with Gasteiger partial charge in [0.25, 0.3) is 5.91 Å². The summed E-state index contributed by atoms with van der Waals surface area (Å²) in [6.45, 7) is 0.765. The van der Waals surface area contributed by atoms with Crippen LogP contribution in [0.2, 0.25) is 0 Å². The predicted octanol–water partition coefficient (Wildman–Crippen LogP) is 3.55. The number of fused-ring (bicyclic) bond motifs is 1. The van der Waals surface area contributed by atoms with Crippen molar-refractivity contribution in [3.63, 3.8) is 0 Å². The first-order valence-electron chi connectivity index (χ1n) is 8.83. The number of carbonyl (C=O) groups is 1. The summed E-state index contributed by atoms with van der Waals surface area (Å²) in [7, 11) is 1.77. The van der Waals surface area contributed by atoms with Gasteiger partial charge < -0.3 is 20.7 Å². The summed E-state index contributed by atoms with van der Waals surface area (Å²) in [6.07, 6.45) is 4.25. The average Bonchev–Trinajstić information content (AvgIpc) is 3.25. The van der Waals surface area contributed by atoms with Gasteiger partial charge in [-0.25, -0.2) is 0 Å². The molecule has 0 fully saturated rings. The molecule has 144 valence electrons. The highest BCUT2D eigenvalue weighted by molar-refractivity contribution is 7.11. The standard InChI is InChI=1S/C21H22N4O2S/c1-24-11-15(10-22)17-13-25(12-14-5-2-3-6-16(14)17)21(27)18(23)9-19(26)20-7-4-8-28-20/h2-11,17,22-24,26H,12-13H2,1H3/b15-11+,19-9-,22-10?,23-18?. The van der Waals surface area contributed by atoms with Gasteiger partial charge >= 0.3 is 0 Å². The highest BCUT2D eigenvalue weighted by Crippen LogP contribution is 2.33. The van der Waals surface area contributed by atoms with Crippen molar-refractivity contribution in [3.8, 4) is 0 Å². The van der Waals surface area contributed by atoms with Gasteiger partial charge in [0.1, 0.15) is 11.5 Å². The molecule has 1 aromatic carbocycles. The molecule has 1 aliphatic heterocycles. The monoisotopic (exact) mass is 394 g/mol. The predicted molar refractivity (Wildman–Crippen MR) is 113 cm³/mol. The van der Waals surface area contributed by atoms with E-state index in [0.29, 0.717) is 18.0 Å². The lowest BCUT2D eigenvalue weighted by Gasteiger charge is -2.35. The number of hydrogen-bond donors (Lipinski definition) is 4. The normalized spacial score (nSPS) is 17.0. The van der Waals surface area contributed by atoms with Gasteiger partial charge in [0.05, 0.1) is 4.88 Å². The van der Waals surface area contributed by atoms with Crippen molar-refractivity contribution >= 4 is 34.9 Å². The number of thiophene rings is 1. The largest absolute Gasteiger partial charge is 0.506 e. The van der Waals surface area contributed by atoms with E-state index in [-0.39, 0.29) is 17.4 Å². The van der Waals surface area contributed by atoms with Crippen molar-refractivity contribution in [1.82, 2.24) is 10.2 Å². The van der Waals surface area contributed by atoms with Gasteiger partial charge in [0.2, 0.25) is 0 Å². The van der Waals surface area contributed by atoms with Crippen molar-refractivity contribution in [2.24, 2.45) is 0 Å². The Labute approximate surface area is 167 Å². The second-order valence-corrected chi connectivity index (χ2v) is 7.38. The molecule has 0 spiro atoms. The molecular formula is C21H22N4O2S. The van der Waals surface area contributed by atoms with Crippen LogP contribution in [0.25, 0.3) is 5.76 Å². The SMILES string of the molecule is CN/C=C(\C=N)C1CN(C(=O)C(=N)/C=C(\O)c2cccs2)Cc2ccccc21. The molecule has 1 aliphatic rings. The Kier molecular flexibility index (Phi) is 6.06. The summed E-state index contributed by atoms with van der Waals surface area (Å²) in [5.74, 6) is -0.685. The maximum atomic E-state index is 12.9. The van der Waals surface area contributed by atoms with Crippen LogP contribution in [0.5, 0.6) is 0 Å². The minimum atomic E-state index is -0.448. The summed E-state index contributed by atoms with van der Waals surface area (Å²) in [5.41, 5.74) is 2.57. The Morgan fingerprint density at radius 2 is 2.11 bits per heavy atom. The van der Waals surface area contributed by atoms with E-state index in [1.807, 2.05) is 29.6 Å². The van der Waals surface area contributed by atoms with Crippen LogP contribution in [0.4, 0.5) is 0 Å². The summed E-state index contributed by atoms with van der Waals surface area (Å²) in [6, 6.07) is 11.4. The minimum absolute atomic E-state index is 0.0856. The summed E-state index contributed by atoms with van der Waals surface area (Å²) in [4.78, 5) is 15.1. The molecule has 6 nitrogen and oxygen atoms in total. The zero-order valence-electron chi connectivity index (χ0n) is 15.5. The third-order valence-corrected chi connectivity index (χ3v) is 5.54. The molecule has 3 rings (SSSR count). The maximum absolute atomic E-state index is 12.9. The highest BCUT2D eigenvalue weighted by Gasteiger charge is 2.30. The minimum Gasteiger partial charge on any atom is -0.506 e. The van der Waals surface area contributed by atoms with E-state index in [1.165, 1.54) is 23.6 Å². The molecule has 0 saturated carbocycles. The van der Waals surface area contributed by atoms with Crippen molar-refractivity contribution < 1.29 is 9.90 Å². The first kappa shape index (κ1) is 19.6. The lowest BCUT2D eigenvalue weighted by molar-refractivity contribution is -0.125. The summed E-state index contributed by atoms with van der Waals surface area (Å²) < 4.78 is 0. The van der Waals surface area contributed by atoms with Crippen molar-refractivity contribution in [3.05, 3.63) is 75.6 Å². The molecule has 0 bridgehead atoms. The van der Waals surface area contributed by atoms with Gasteiger partial charge in [0.15, 0.2) is 0 Å². The van der Waals surface area contributed by atoms with Crippen LogP contribution in [0.15, 0.2) is 59.6 Å². The molecule has 0 saturated heterocycles. The Hall–Kier alpha value is -3.19. The van der Waals surface area contributed by atoms with Gasteiger partial charge in [-0.1, -0.05) is 30.3 Å². The van der Waals surface area contributed by atoms with Crippen molar-refractivity contribution in [2.75, 3.05) is 13.6 Å². The van der Waals surface area contributed by atoms with Gasteiger partial charge in [-0.05, 0) is 28.1 Å². The molecular weight excluding hydrogens is 372 g/mol. The highest BCUT2D eigenvalue weighted by atomic mass is 32.1. The summed E-state index contributed by atoms with van der Waals surface area (Å²) in [5, 5.41) is 30.8. The van der Waals surface area contributed by atoms with E-state index in [0.717, 1.165) is 16.7 Å². The van der Waals surface area contributed by atoms with Crippen LogP contribution in [-0.2, 0) is 11.3 Å². The molecule has 0 radical (unpaired) electrons. The number of benzene rings is 1. The van der Waals surface area contributed by atoms with Crippen molar-refractivity contribution in [1.29, 1.82) is 10.8 Å². The molecule has 1 amide bonds. The van der Waals surface area contributed by atoms with E-state index >= 15 is 0 Å². The number of aliphatic hydroxyl groups is 1. The Morgan fingerprint density at radius 3 is 2.79 bits per heavy atom. The fourth-order valence-electron chi connectivity index (χ4n) is 3.32. The third-order valence-electron chi connectivity index (χ3n) is 4.65. The van der Waals surface area contributed by atoms with Crippen LogP contribution in [0, 0.1) is 10.8 Å². The Balaban J connectivity index is 1.87. The third kappa shape index (κ3) is 4.04. The Morgan fingerprint density at radius 1 is 1.32 bits per heavy atom. The smallest absolute Gasteiger partial charge is 0.272 e. The van der Waals surface area contributed by atoms with Crippen LogP contribution in [-0.4, -0.2) is 41.4 Å². The van der Waals surface area contributed by atoms with E-state index in [9.17, 15) is 9.90 Å². The number of nitrogens with one attached hydrogen (secondary N) is 3.